The maximum absolute atomic E-state index is 13.2. The molecule has 9 nitrogen and oxygen atoms in total. The van der Waals surface area contributed by atoms with Gasteiger partial charge in [0.05, 0.1) is 18.9 Å². The third-order valence-corrected chi connectivity index (χ3v) is 6.41. The molecular weight excluding hydrogens is 478 g/mol. The largest absolute Gasteiger partial charge is 0.465 e. The number of carbonyl (C=O) groups is 2. The van der Waals surface area contributed by atoms with E-state index in [2.05, 4.69) is 44.5 Å². The van der Waals surface area contributed by atoms with Crippen LogP contribution in [0.1, 0.15) is 24.1 Å². The van der Waals surface area contributed by atoms with Crippen molar-refractivity contribution in [2.75, 3.05) is 11.9 Å². The van der Waals surface area contributed by atoms with Crippen molar-refractivity contribution in [3.05, 3.63) is 59.5 Å². The SMILES string of the molecule is C=CCOCc1ccc(Br)nc1NC(=O)[C@@H]1C[C@@]2(Cn3ccc(C=C)n3)C[C@H]2N1C(=O)O. The van der Waals surface area contributed by atoms with Gasteiger partial charge in [-0.1, -0.05) is 18.7 Å². The van der Waals surface area contributed by atoms with E-state index in [1.807, 2.05) is 12.3 Å². The van der Waals surface area contributed by atoms with Gasteiger partial charge in [-0.05, 0) is 47.0 Å². The monoisotopic (exact) mass is 501 g/mol. The fourth-order valence-corrected chi connectivity index (χ4v) is 4.71. The Morgan fingerprint density at radius 1 is 1.34 bits per heavy atom. The topological polar surface area (TPSA) is 110 Å². The van der Waals surface area contributed by atoms with E-state index >= 15 is 0 Å². The minimum absolute atomic E-state index is 0.210. The highest BCUT2D eigenvalue weighted by molar-refractivity contribution is 9.10. The number of nitrogens with one attached hydrogen (secondary N) is 1. The Labute approximate surface area is 193 Å². The third-order valence-electron chi connectivity index (χ3n) is 5.97. The molecule has 0 unspecified atom stereocenters. The van der Waals surface area contributed by atoms with Gasteiger partial charge in [0, 0.05) is 29.8 Å². The summed E-state index contributed by atoms with van der Waals surface area (Å²) in [6.45, 7) is 8.49. The number of amides is 2. The van der Waals surface area contributed by atoms with Crippen molar-refractivity contribution in [1.29, 1.82) is 0 Å². The smallest absolute Gasteiger partial charge is 0.408 e. The van der Waals surface area contributed by atoms with Crippen LogP contribution in [0.25, 0.3) is 6.08 Å². The zero-order valence-electron chi connectivity index (χ0n) is 17.4. The maximum Gasteiger partial charge on any atom is 0.408 e. The number of nitrogens with zero attached hydrogens (tertiary/aromatic N) is 4. The summed E-state index contributed by atoms with van der Waals surface area (Å²) in [6, 6.07) is 4.39. The standard InChI is InChI=1S/C22H24BrN5O4/c1-3-9-32-12-14-5-6-18(23)24-19(14)25-20(29)16-10-22(11-17(22)28(16)21(30)31)13-27-8-7-15(4-2)26-27/h3-8,16-17H,1-2,9-13H2,(H,30,31)(H,24,25,29)/t16-,17+,22-/m0/s1. The zero-order valence-corrected chi connectivity index (χ0v) is 19.0. The Kier molecular flexibility index (Phi) is 6.16. The van der Waals surface area contributed by atoms with Crippen LogP contribution < -0.4 is 5.32 Å². The molecule has 10 heteroatoms. The first-order chi connectivity index (χ1) is 15.4. The number of pyridine rings is 1. The molecule has 4 rings (SSSR count). The van der Waals surface area contributed by atoms with E-state index in [9.17, 15) is 14.7 Å². The Bertz CT molecular complexity index is 1070. The van der Waals surface area contributed by atoms with Crippen LogP contribution in [0.4, 0.5) is 10.6 Å². The Morgan fingerprint density at radius 3 is 2.84 bits per heavy atom. The van der Waals surface area contributed by atoms with Crippen LogP contribution in [0.15, 0.2) is 48.2 Å². The number of piperidine rings is 1. The summed E-state index contributed by atoms with van der Waals surface area (Å²) < 4.78 is 7.84. The molecule has 1 saturated carbocycles. The molecule has 0 bridgehead atoms. The van der Waals surface area contributed by atoms with Gasteiger partial charge >= 0.3 is 6.09 Å². The number of fused-ring (bicyclic) bond motifs is 1. The minimum Gasteiger partial charge on any atom is -0.465 e. The van der Waals surface area contributed by atoms with Crippen LogP contribution in [0.2, 0.25) is 0 Å². The summed E-state index contributed by atoms with van der Waals surface area (Å²) in [5.41, 5.74) is 1.15. The van der Waals surface area contributed by atoms with E-state index in [0.29, 0.717) is 42.0 Å². The number of carbonyl (C=O) groups excluding carboxylic acids is 1. The molecule has 1 aliphatic heterocycles. The first kappa shape index (κ1) is 22.2. The summed E-state index contributed by atoms with van der Waals surface area (Å²) in [4.78, 5) is 30.8. The number of rotatable bonds is 9. The molecule has 1 aliphatic carbocycles. The molecule has 0 radical (unpaired) electrons. The Morgan fingerprint density at radius 2 is 2.16 bits per heavy atom. The van der Waals surface area contributed by atoms with E-state index in [0.717, 1.165) is 5.69 Å². The number of hydrogen-bond donors (Lipinski definition) is 2. The van der Waals surface area contributed by atoms with E-state index in [1.165, 1.54) is 4.90 Å². The molecule has 168 valence electrons. The van der Waals surface area contributed by atoms with Crippen LogP contribution in [-0.2, 0) is 22.7 Å². The van der Waals surface area contributed by atoms with E-state index in [-0.39, 0.29) is 18.1 Å². The Balaban J connectivity index is 1.51. The fraction of sp³-hybridized carbons (Fsp3) is 0.364. The molecule has 0 aromatic carbocycles. The zero-order chi connectivity index (χ0) is 22.9. The normalized spacial score (nSPS) is 23.5. The quantitative estimate of drug-likeness (QED) is 0.309. The molecule has 3 heterocycles. The van der Waals surface area contributed by atoms with Gasteiger partial charge in [-0.15, -0.1) is 6.58 Å². The van der Waals surface area contributed by atoms with Crippen LogP contribution in [0.3, 0.4) is 0 Å². The molecule has 2 aromatic heterocycles. The molecular formula is C22H24BrN5O4. The molecule has 3 atom stereocenters. The predicted octanol–water partition coefficient (Wildman–Crippen LogP) is 3.54. The molecule has 32 heavy (non-hydrogen) atoms. The second-order valence-electron chi connectivity index (χ2n) is 8.07. The summed E-state index contributed by atoms with van der Waals surface area (Å²) in [7, 11) is 0. The number of carboxylic acid groups (broad SMARTS) is 1. The van der Waals surface area contributed by atoms with Crippen molar-refractivity contribution in [2.45, 2.75) is 38.1 Å². The van der Waals surface area contributed by atoms with E-state index in [4.69, 9.17) is 4.74 Å². The second kappa shape index (κ2) is 8.87. The number of anilines is 1. The van der Waals surface area contributed by atoms with Gasteiger partial charge < -0.3 is 15.2 Å². The average Bonchev–Trinajstić information content (AvgIpc) is 3.09. The van der Waals surface area contributed by atoms with Crippen LogP contribution in [-0.4, -0.2) is 55.5 Å². The van der Waals surface area contributed by atoms with Gasteiger partial charge in [0.25, 0.3) is 0 Å². The minimum atomic E-state index is -1.10. The lowest BCUT2D eigenvalue weighted by Crippen LogP contribution is -2.45. The lowest BCUT2D eigenvalue weighted by Gasteiger charge is -2.24. The molecule has 2 aromatic rings. The third kappa shape index (κ3) is 4.33. The van der Waals surface area contributed by atoms with Gasteiger partial charge in [-0.25, -0.2) is 9.78 Å². The summed E-state index contributed by atoms with van der Waals surface area (Å²) in [6.07, 6.45) is 5.18. The van der Waals surface area contributed by atoms with Crippen LogP contribution in [0.5, 0.6) is 0 Å². The molecule has 2 amide bonds. The Hall–Kier alpha value is -2.98. The van der Waals surface area contributed by atoms with E-state index in [1.54, 1.807) is 29.0 Å². The first-order valence-electron chi connectivity index (χ1n) is 10.2. The van der Waals surface area contributed by atoms with Crippen LogP contribution in [0, 0.1) is 5.41 Å². The molecule has 2 aliphatic rings. The highest BCUT2D eigenvalue weighted by Gasteiger charge is 2.67. The van der Waals surface area contributed by atoms with Crippen molar-refractivity contribution in [1.82, 2.24) is 19.7 Å². The molecule has 2 N–H and O–H groups in total. The van der Waals surface area contributed by atoms with Crippen molar-refractivity contribution >= 4 is 39.8 Å². The highest BCUT2D eigenvalue weighted by Crippen LogP contribution is 2.60. The van der Waals surface area contributed by atoms with Gasteiger partial charge in [-0.2, -0.15) is 5.10 Å². The molecule has 0 spiro atoms. The number of ether oxygens (including phenoxy) is 1. The van der Waals surface area contributed by atoms with Gasteiger partial charge in [0.15, 0.2) is 0 Å². The van der Waals surface area contributed by atoms with Crippen molar-refractivity contribution in [3.63, 3.8) is 0 Å². The summed E-state index contributed by atoms with van der Waals surface area (Å²) >= 11 is 3.32. The van der Waals surface area contributed by atoms with E-state index < -0.39 is 18.0 Å². The van der Waals surface area contributed by atoms with Crippen LogP contribution >= 0.6 is 15.9 Å². The maximum atomic E-state index is 13.2. The summed E-state index contributed by atoms with van der Waals surface area (Å²) in [5.74, 6) is -0.0575. The predicted molar refractivity (Wildman–Crippen MR) is 122 cm³/mol. The van der Waals surface area contributed by atoms with Crippen molar-refractivity contribution < 1.29 is 19.4 Å². The lowest BCUT2D eigenvalue weighted by atomic mass is 9.99. The summed E-state index contributed by atoms with van der Waals surface area (Å²) in [5, 5.41) is 17.1. The number of likely N-dealkylation sites (tertiary alicyclic amines) is 1. The first-order valence-corrected chi connectivity index (χ1v) is 11.0. The fourth-order valence-electron chi connectivity index (χ4n) is 4.40. The second-order valence-corrected chi connectivity index (χ2v) is 8.88. The number of halogens is 1. The van der Waals surface area contributed by atoms with Gasteiger partial charge in [-0.3, -0.25) is 14.4 Å². The number of aromatic nitrogens is 3. The molecule has 1 saturated heterocycles. The lowest BCUT2D eigenvalue weighted by molar-refractivity contribution is -0.120. The van der Waals surface area contributed by atoms with Gasteiger partial charge in [0.2, 0.25) is 5.91 Å². The van der Waals surface area contributed by atoms with Gasteiger partial charge in [0.1, 0.15) is 16.5 Å². The molecule has 2 fully saturated rings. The van der Waals surface area contributed by atoms with Crippen molar-refractivity contribution in [3.8, 4) is 0 Å². The number of hydrogen-bond acceptors (Lipinski definition) is 5. The van der Waals surface area contributed by atoms with Crippen molar-refractivity contribution in [2.24, 2.45) is 5.41 Å². The highest BCUT2D eigenvalue weighted by atomic mass is 79.9. The average molecular weight is 502 g/mol.